The van der Waals surface area contributed by atoms with Gasteiger partial charge in [0.1, 0.15) is 0 Å². The van der Waals surface area contributed by atoms with Crippen LogP contribution >= 0.6 is 11.6 Å². The Hall–Kier alpha value is -0.790. The molecule has 0 aliphatic heterocycles. The van der Waals surface area contributed by atoms with Crippen LogP contribution < -0.4 is 5.32 Å². The molecule has 0 fully saturated rings. The normalized spacial score (nSPS) is 16.9. The summed E-state index contributed by atoms with van der Waals surface area (Å²) >= 11 is 5.95. The van der Waals surface area contributed by atoms with Gasteiger partial charge in [-0.1, -0.05) is 42.3 Å². The molecule has 1 unspecified atom stereocenters. The van der Waals surface area contributed by atoms with Crippen LogP contribution in [0, 0.1) is 0 Å². The van der Waals surface area contributed by atoms with E-state index in [1.54, 1.807) is 5.57 Å². The van der Waals surface area contributed by atoms with Crippen LogP contribution in [0.4, 0.5) is 0 Å². The number of rotatable bonds is 5. The molecule has 0 radical (unpaired) electrons. The molecule has 1 aromatic rings. The van der Waals surface area contributed by atoms with Crippen molar-refractivity contribution in [2.75, 3.05) is 6.54 Å². The van der Waals surface area contributed by atoms with Crippen LogP contribution in [0.25, 0.3) is 0 Å². The minimum absolute atomic E-state index is 0.384. The van der Waals surface area contributed by atoms with Crippen LogP contribution in [0.5, 0.6) is 0 Å². The highest BCUT2D eigenvalue weighted by Crippen LogP contribution is 2.31. The van der Waals surface area contributed by atoms with Crippen LogP contribution in [0.2, 0.25) is 5.02 Å². The fraction of sp³-hybridized carbons (Fsp3) is 0.467. The molecule has 0 saturated carbocycles. The molecular weight excluding hydrogens is 230 g/mol. The number of benzene rings is 1. The zero-order valence-corrected chi connectivity index (χ0v) is 11.1. The maximum absolute atomic E-state index is 5.95. The summed E-state index contributed by atoms with van der Waals surface area (Å²) in [7, 11) is 0. The van der Waals surface area contributed by atoms with Crippen molar-refractivity contribution < 1.29 is 0 Å². The van der Waals surface area contributed by atoms with Crippen molar-refractivity contribution >= 4 is 11.6 Å². The van der Waals surface area contributed by atoms with E-state index < -0.39 is 0 Å². The second-order valence-corrected chi connectivity index (χ2v) is 5.05. The molecule has 1 aromatic carbocycles. The maximum Gasteiger partial charge on any atom is 0.0536 e. The lowest BCUT2D eigenvalue weighted by molar-refractivity contribution is 0.578. The molecular formula is C15H20ClN. The molecule has 1 aliphatic rings. The van der Waals surface area contributed by atoms with Crippen molar-refractivity contribution in [2.24, 2.45) is 0 Å². The summed E-state index contributed by atoms with van der Waals surface area (Å²) in [4.78, 5) is 0. The van der Waals surface area contributed by atoms with Gasteiger partial charge < -0.3 is 5.32 Å². The van der Waals surface area contributed by atoms with Gasteiger partial charge in [-0.05, 0) is 49.9 Å². The second kappa shape index (κ2) is 6.23. The lowest BCUT2D eigenvalue weighted by Crippen LogP contribution is -2.23. The molecule has 0 bridgehead atoms. The summed E-state index contributed by atoms with van der Waals surface area (Å²) in [5.41, 5.74) is 2.87. The Balaban J connectivity index is 2.16. The molecule has 0 heterocycles. The lowest BCUT2D eigenvalue weighted by atomic mass is 9.98. The van der Waals surface area contributed by atoms with Crippen molar-refractivity contribution in [1.82, 2.24) is 5.32 Å². The number of hydrogen-bond acceptors (Lipinski definition) is 1. The molecule has 0 aromatic heterocycles. The summed E-state index contributed by atoms with van der Waals surface area (Å²) in [6.45, 7) is 3.26. The standard InChI is InChI=1S/C15H20ClN/c1-2-11-17-15(12-5-3-4-6-12)13-7-9-14(16)10-8-13/h5,7-10,15,17H,2-4,6,11H2,1H3. The smallest absolute Gasteiger partial charge is 0.0536 e. The Labute approximate surface area is 109 Å². The molecule has 1 atom stereocenters. The van der Waals surface area contributed by atoms with E-state index >= 15 is 0 Å². The van der Waals surface area contributed by atoms with Gasteiger partial charge in [-0.25, -0.2) is 0 Å². The minimum atomic E-state index is 0.384. The second-order valence-electron chi connectivity index (χ2n) is 4.61. The predicted molar refractivity (Wildman–Crippen MR) is 74.4 cm³/mol. The SMILES string of the molecule is CCCNC(C1=CCCC1)c1ccc(Cl)cc1. The van der Waals surface area contributed by atoms with E-state index in [1.807, 2.05) is 12.1 Å². The van der Waals surface area contributed by atoms with E-state index in [0.717, 1.165) is 18.0 Å². The Morgan fingerprint density at radius 3 is 2.65 bits per heavy atom. The Bertz CT molecular complexity index is 380. The van der Waals surface area contributed by atoms with Gasteiger partial charge in [0.25, 0.3) is 0 Å². The zero-order chi connectivity index (χ0) is 12.1. The third kappa shape index (κ3) is 3.34. The quantitative estimate of drug-likeness (QED) is 0.758. The molecule has 1 aliphatic carbocycles. The Morgan fingerprint density at radius 1 is 1.29 bits per heavy atom. The first-order valence-electron chi connectivity index (χ1n) is 6.49. The Kier molecular flexibility index (Phi) is 4.64. The zero-order valence-electron chi connectivity index (χ0n) is 10.4. The van der Waals surface area contributed by atoms with Crippen LogP contribution in [0.3, 0.4) is 0 Å². The summed E-state index contributed by atoms with van der Waals surface area (Å²) < 4.78 is 0. The van der Waals surface area contributed by atoms with Crippen LogP contribution in [0.1, 0.15) is 44.2 Å². The monoisotopic (exact) mass is 249 g/mol. The van der Waals surface area contributed by atoms with E-state index in [1.165, 1.54) is 24.8 Å². The highest BCUT2D eigenvalue weighted by molar-refractivity contribution is 6.30. The molecule has 0 amide bonds. The van der Waals surface area contributed by atoms with E-state index in [9.17, 15) is 0 Å². The topological polar surface area (TPSA) is 12.0 Å². The maximum atomic E-state index is 5.95. The summed E-state index contributed by atoms with van der Waals surface area (Å²) in [6.07, 6.45) is 7.31. The van der Waals surface area contributed by atoms with Gasteiger partial charge in [0.15, 0.2) is 0 Å². The first kappa shape index (κ1) is 12.7. The van der Waals surface area contributed by atoms with Gasteiger partial charge >= 0.3 is 0 Å². The van der Waals surface area contributed by atoms with E-state index in [2.05, 4.69) is 30.4 Å². The van der Waals surface area contributed by atoms with Crippen molar-refractivity contribution in [2.45, 2.75) is 38.6 Å². The van der Waals surface area contributed by atoms with E-state index in [0.29, 0.717) is 6.04 Å². The van der Waals surface area contributed by atoms with Crippen molar-refractivity contribution in [3.05, 3.63) is 46.5 Å². The summed E-state index contributed by atoms with van der Waals surface area (Å²) in [6, 6.07) is 8.61. The fourth-order valence-electron chi connectivity index (χ4n) is 2.36. The van der Waals surface area contributed by atoms with Gasteiger partial charge in [-0.2, -0.15) is 0 Å². The molecule has 17 heavy (non-hydrogen) atoms. The van der Waals surface area contributed by atoms with E-state index in [4.69, 9.17) is 11.6 Å². The molecule has 1 nitrogen and oxygen atoms in total. The molecule has 2 rings (SSSR count). The van der Waals surface area contributed by atoms with Crippen molar-refractivity contribution in [3.8, 4) is 0 Å². The van der Waals surface area contributed by atoms with Crippen molar-refractivity contribution in [1.29, 1.82) is 0 Å². The molecule has 1 N–H and O–H groups in total. The van der Waals surface area contributed by atoms with Crippen LogP contribution in [0.15, 0.2) is 35.9 Å². The third-order valence-electron chi connectivity index (χ3n) is 3.25. The Morgan fingerprint density at radius 2 is 2.06 bits per heavy atom. The highest BCUT2D eigenvalue weighted by atomic mass is 35.5. The average molecular weight is 250 g/mol. The van der Waals surface area contributed by atoms with Crippen LogP contribution in [-0.4, -0.2) is 6.54 Å². The number of hydrogen-bond donors (Lipinski definition) is 1. The van der Waals surface area contributed by atoms with Gasteiger partial charge in [0.2, 0.25) is 0 Å². The van der Waals surface area contributed by atoms with Gasteiger partial charge in [-0.15, -0.1) is 0 Å². The average Bonchev–Trinajstić information content (AvgIpc) is 2.85. The van der Waals surface area contributed by atoms with Crippen molar-refractivity contribution in [3.63, 3.8) is 0 Å². The molecule has 0 spiro atoms. The highest BCUT2D eigenvalue weighted by Gasteiger charge is 2.17. The van der Waals surface area contributed by atoms with Gasteiger partial charge in [-0.3, -0.25) is 0 Å². The van der Waals surface area contributed by atoms with Gasteiger partial charge in [0.05, 0.1) is 6.04 Å². The summed E-state index contributed by atoms with van der Waals surface area (Å²) in [5.74, 6) is 0. The largest absolute Gasteiger partial charge is 0.307 e. The third-order valence-corrected chi connectivity index (χ3v) is 3.50. The fourth-order valence-corrected chi connectivity index (χ4v) is 2.49. The minimum Gasteiger partial charge on any atom is -0.307 e. The predicted octanol–water partition coefficient (Wildman–Crippen LogP) is 4.49. The molecule has 92 valence electrons. The number of nitrogens with one attached hydrogen (secondary N) is 1. The lowest BCUT2D eigenvalue weighted by Gasteiger charge is -2.20. The van der Waals surface area contributed by atoms with Gasteiger partial charge in [0, 0.05) is 5.02 Å². The first-order valence-corrected chi connectivity index (χ1v) is 6.87. The number of allylic oxidation sites excluding steroid dienone is 1. The summed E-state index contributed by atoms with van der Waals surface area (Å²) in [5, 5.41) is 4.44. The number of halogens is 1. The first-order chi connectivity index (χ1) is 8.31. The van der Waals surface area contributed by atoms with Crippen LogP contribution in [-0.2, 0) is 0 Å². The molecule has 2 heteroatoms. The molecule has 0 saturated heterocycles. The van der Waals surface area contributed by atoms with E-state index in [-0.39, 0.29) is 0 Å².